The molecule has 0 saturated heterocycles. The van der Waals surface area contributed by atoms with E-state index in [1.54, 1.807) is 6.08 Å². The number of halogens is 1. The predicted molar refractivity (Wildman–Crippen MR) is 56.7 cm³/mol. The minimum Gasteiger partial charge on any atom is -0.493 e. The van der Waals surface area contributed by atoms with E-state index in [4.69, 9.17) is 4.74 Å². The van der Waals surface area contributed by atoms with Crippen molar-refractivity contribution in [3.63, 3.8) is 0 Å². The Morgan fingerprint density at radius 1 is 1.60 bits per heavy atom. The van der Waals surface area contributed by atoms with E-state index >= 15 is 0 Å². The summed E-state index contributed by atoms with van der Waals surface area (Å²) in [6.45, 7) is 5.38. The van der Waals surface area contributed by atoms with Crippen molar-refractivity contribution in [2.24, 2.45) is 0 Å². The fourth-order valence-corrected chi connectivity index (χ4v) is 1.16. The highest BCUT2D eigenvalue weighted by Crippen LogP contribution is 2.20. The highest BCUT2D eigenvalue weighted by molar-refractivity contribution is 5.96. The zero-order chi connectivity index (χ0) is 11.3. The van der Waals surface area contributed by atoms with Crippen molar-refractivity contribution in [3.8, 4) is 5.75 Å². The van der Waals surface area contributed by atoms with Crippen molar-refractivity contribution < 1.29 is 13.9 Å². The molecule has 0 fully saturated rings. The molecule has 0 spiro atoms. The van der Waals surface area contributed by atoms with Gasteiger partial charge < -0.3 is 4.74 Å². The van der Waals surface area contributed by atoms with Crippen LogP contribution in [0, 0.1) is 5.82 Å². The Labute approximate surface area is 88.4 Å². The Balaban J connectivity index is 2.85. The quantitative estimate of drug-likeness (QED) is 0.422. The summed E-state index contributed by atoms with van der Waals surface area (Å²) in [4.78, 5) is 11.2. The van der Waals surface area contributed by atoms with Crippen LogP contribution < -0.4 is 4.74 Å². The highest BCUT2D eigenvalue weighted by atomic mass is 19.1. The molecule has 0 saturated carbocycles. The normalized spacial score (nSPS) is 9.73. The van der Waals surface area contributed by atoms with E-state index in [-0.39, 0.29) is 11.3 Å². The average molecular weight is 208 g/mol. The Morgan fingerprint density at radius 2 is 2.33 bits per heavy atom. The smallest absolute Gasteiger partial charge is 0.163 e. The van der Waals surface area contributed by atoms with Crippen molar-refractivity contribution in [1.29, 1.82) is 0 Å². The molecule has 2 nitrogen and oxygen atoms in total. The summed E-state index contributed by atoms with van der Waals surface area (Å²) < 4.78 is 18.2. The number of ether oxygens (including phenoxy) is 1. The van der Waals surface area contributed by atoms with E-state index in [0.29, 0.717) is 18.8 Å². The molecule has 1 aromatic rings. The molecule has 80 valence electrons. The van der Waals surface area contributed by atoms with Crippen LogP contribution in [-0.2, 0) is 0 Å². The van der Waals surface area contributed by atoms with E-state index in [2.05, 4.69) is 6.58 Å². The van der Waals surface area contributed by atoms with Gasteiger partial charge in [-0.1, -0.05) is 6.08 Å². The molecule has 0 heterocycles. The zero-order valence-corrected chi connectivity index (χ0v) is 8.63. The summed E-state index contributed by atoms with van der Waals surface area (Å²) >= 11 is 0. The van der Waals surface area contributed by atoms with Gasteiger partial charge in [0.2, 0.25) is 0 Å². The molecule has 1 rings (SSSR count). The fourth-order valence-electron chi connectivity index (χ4n) is 1.16. The largest absolute Gasteiger partial charge is 0.493 e. The molecule has 0 aromatic heterocycles. The van der Waals surface area contributed by atoms with Crippen LogP contribution in [0.2, 0.25) is 0 Å². The van der Waals surface area contributed by atoms with Crippen LogP contribution in [0.15, 0.2) is 30.9 Å². The van der Waals surface area contributed by atoms with Gasteiger partial charge in [-0.2, -0.15) is 0 Å². The van der Waals surface area contributed by atoms with Crippen LogP contribution in [0.4, 0.5) is 4.39 Å². The Hall–Kier alpha value is -1.64. The zero-order valence-electron chi connectivity index (χ0n) is 8.63. The van der Waals surface area contributed by atoms with E-state index < -0.39 is 5.82 Å². The van der Waals surface area contributed by atoms with Crippen molar-refractivity contribution in [2.75, 3.05) is 6.61 Å². The molecule has 0 N–H and O–H groups in total. The van der Waals surface area contributed by atoms with Crippen LogP contribution in [0.25, 0.3) is 0 Å². The maximum absolute atomic E-state index is 12.9. The Morgan fingerprint density at radius 3 is 2.93 bits per heavy atom. The summed E-state index contributed by atoms with van der Waals surface area (Å²) in [6, 6.07) is 3.93. The van der Waals surface area contributed by atoms with Gasteiger partial charge in [0.25, 0.3) is 0 Å². The molecule has 0 unspecified atom stereocenters. The number of hydrogen-bond acceptors (Lipinski definition) is 2. The summed E-state index contributed by atoms with van der Waals surface area (Å²) in [5.41, 5.74) is 0.277. The third-order valence-corrected chi connectivity index (χ3v) is 1.90. The van der Waals surface area contributed by atoms with Gasteiger partial charge in [-0.15, -0.1) is 6.58 Å². The number of rotatable bonds is 5. The second-order valence-corrected chi connectivity index (χ2v) is 3.12. The lowest BCUT2D eigenvalue weighted by molar-refractivity contribution is 0.101. The Kier molecular flexibility index (Phi) is 4.03. The van der Waals surface area contributed by atoms with Gasteiger partial charge in [-0.3, -0.25) is 4.79 Å². The Bertz CT molecular complexity index is 372. The second kappa shape index (κ2) is 5.29. The predicted octanol–water partition coefficient (Wildman–Crippen LogP) is 2.98. The topological polar surface area (TPSA) is 26.3 Å². The molecule has 3 heteroatoms. The number of Topliss-reactive ketones (excluding diaryl/α,β-unsaturated/α-hetero) is 1. The van der Waals surface area contributed by atoms with Gasteiger partial charge in [-0.25, -0.2) is 4.39 Å². The van der Waals surface area contributed by atoms with Crippen LogP contribution in [0.1, 0.15) is 23.7 Å². The van der Waals surface area contributed by atoms with Crippen molar-refractivity contribution in [1.82, 2.24) is 0 Å². The lowest BCUT2D eigenvalue weighted by Crippen LogP contribution is -2.02. The summed E-state index contributed by atoms with van der Waals surface area (Å²) in [7, 11) is 0. The molecular weight excluding hydrogens is 195 g/mol. The number of hydrogen-bond donors (Lipinski definition) is 0. The number of carbonyl (C=O) groups is 1. The SMILES string of the molecule is C=CCCOc1ccc(F)cc1C(C)=O. The van der Waals surface area contributed by atoms with E-state index in [0.717, 1.165) is 0 Å². The molecule has 0 atom stereocenters. The lowest BCUT2D eigenvalue weighted by Gasteiger charge is -2.08. The maximum atomic E-state index is 12.9. The molecule has 0 amide bonds. The molecule has 0 bridgehead atoms. The van der Waals surface area contributed by atoms with Gasteiger partial charge in [0.15, 0.2) is 5.78 Å². The first-order chi connectivity index (χ1) is 7.15. The van der Waals surface area contributed by atoms with Gasteiger partial charge in [0, 0.05) is 0 Å². The molecule has 0 aliphatic rings. The van der Waals surface area contributed by atoms with Gasteiger partial charge in [0.05, 0.1) is 12.2 Å². The monoisotopic (exact) mass is 208 g/mol. The minimum atomic E-state index is -0.434. The first kappa shape index (κ1) is 11.4. The number of benzene rings is 1. The van der Waals surface area contributed by atoms with Crippen LogP contribution in [0.3, 0.4) is 0 Å². The first-order valence-corrected chi connectivity index (χ1v) is 4.69. The molecule has 0 aliphatic carbocycles. The molecule has 15 heavy (non-hydrogen) atoms. The van der Waals surface area contributed by atoms with Gasteiger partial charge in [0.1, 0.15) is 11.6 Å². The van der Waals surface area contributed by atoms with E-state index in [1.807, 2.05) is 0 Å². The highest BCUT2D eigenvalue weighted by Gasteiger charge is 2.09. The maximum Gasteiger partial charge on any atom is 0.163 e. The fraction of sp³-hybridized carbons (Fsp3) is 0.250. The molecular formula is C12H13FO2. The third kappa shape index (κ3) is 3.20. The molecule has 0 radical (unpaired) electrons. The van der Waals surface area contributed by atoms with Gasteiger partial charge >= 0.3 is 0 Å². The number of ketones is 1. The summed E-state index contributed by atoms with van der Waals surface area (Å²) in [5.74, 6) is -0.217. The van der Waals surface area contributed by atoms with Crippen molar-refractivity contribution in [3.05, 3.63) is 42.2 Å². The average Bonchev–Trinajstić information content (AvgIpc) is 2.20. The summed E-state index contributed by atoms with van der Waals surface area (Å²) in [5, 5.41) is 0. The molecule has 0 aliphatic heterocycles. The van der Waals surface area contributed by atoms with Crippen LogP contribution >= 0.6 is 0 Å². The third-order valence-electron chi connectivity index (χ3n) is 1.90. The van der Waals surface area contributed by atoms with Crippen molar-refractivity contribution in [2.45, 2.75) is 13.3 Å². The van der Waals surface area contributed by atoms with Crippen LogP contribution in [-0.4, -0.2) is 12.4 Å². The van der Waals surface area contributed by atoms with Crippen LogP contribution in [0.5, 0.6) is 5.75 Å². The number of carbonyl (C=O) groups excluding carboxylic acids is 1. The van der Waals surface area contributed by atoms with Gasteiger partial charge in [-0.05, 0) is 31.5 Å². The van der Waals surface area contributed by atoms with E-state index in [9.17, 15) is 9.18 Å². The minimum absolute atomic E-state index is 0.205. The standard InChI is InChI=1S/C12H13FO2/c1-3-4-7-15-12-6-5-10(13)8-11(12)9(2)14/h3,5-6,8H,1,4,7H2,2H3. The second-order valence-electron chi connectivity index (χ2n) is 3.12. The summed E-state index contributed by atoms with van der Waals surface area (Å²) in [6.07, 6.45) is 2.41. The van der Waals surface area contributed by atoms with E-state index in [1.165, 1.54) is 25.1 Å². The lowest BCUT2D eigenvalue weighted by atomic mass is 10.1. The first-order valence-electron chi connectivity index (χ1n) is 4.69. The van der Waals surface area contributed by atoms with Crippen molar-refractivity contribution >= 4 is 5.78 Å². The molecule has 1 aromatic carbocycles.